The summed E-state index contributed by atoms with van der Waals surface area (Å²) in [5.41, 5.74) is 0.859. The number of amides is 2. The number of carbonyl (C=O) groups excluding carboxylic acids is 3. The molecule has 4 rings (SSSR count). The monoisotopic (exact) mass is 430 g/mol. The number of hydrogen-bond donors (Lipinski definition) is 0. The van der Waals surface area contributed by atoms with E-state index >= 15 is 0 Å². The van der Waals surface area contributed by atoms with Gasteiger partial charge in [-0.15, -0.1) is 0 Å². The Balaban J connectivity index is 1.66. The van der Waals surface area contributed by atoms with E-state index in [-0.39, 0.29) is 41.1 Å². The number of rotatable bonds is 7. The van der Waals surface area contributed by atoms with Crippen LogP contribution in [0.4, 0.5) is 5.69 Å². The van der Waals surface area contributed by atoms with Crippen LogP contribution < -0.4 is 4.74 Å². The summed E-state index contributed by atoms with van der Waals surface area (Å²) in [7, 11) is 1.50. The van der Waals surface area contributed by atoms with Gasteiger partial charge in [0.1, 0.15) is 5.75 Å². The van der Waals surface area contributed by atoms with Gasteiger partial charge in [0.2, 0.25) is 0 Å². The second-order valence-corrected chi connectivity index (χ2v) is 7.29. The van der Waals surface area contributed by atoms with Crippen LogP contribution in [0.25, 0.3) is 0 Å². The van der Waals surface area contributed by atoms with Crippen molar-refractivity contribution in [1.82, 2.24) is 4.90 Å². The topological polar surface area (TPSA) is 107 Å². The van der Waals surface area contributed by atoms with Crippen molar-refractivity contribution in [3.8, 4) is 5.75 Å². The fourth-order valence-electron chi connectivity index (χ4n) is 3.64. The van der Waals surface area contributed by atoms with Crippen LogP contribution in [-0.2, 0) is 13.0 Å². The molecule has 0 atom stereocenters. The molecule has 0 unspecified atom stereocenters. The van der Waals surface area contributed by atoms with Crippen molar-refractivity contribution in [2.45, 2.75) is 13.0 Å². The quantitative estimate of drug-likeness (QED) is 0.244. The zero-order chi connectivity index (χ0) is 22.8. The lowest BCUT2D eigenvalue weighted by Gasteiger charge is -2.13. The zero-order valence-corrected chi connectivity index (χ0v) is 17.1. The van der Waals surface area contributed by atoms with Crippen LogP contribution in [0.3, 0.4) is 0 Å². The molecule has 1 aliphatic heterocycles. The average molecular weight is 430 g/mol. The highest BCUT2D eigenvalue weighted by atomic mass is 16.6. The minimum absolute atomic E-state index is 0.0294. The van der Waals surface area contributed by atoms with Crippen LogP contribution in [0.2, 0.25) is 0 Å². The highest BCUT2D eigenvalue weighted by Gasteiger charge is 2.38. The molecule has 2 amide bonds. The summed E-state index contributed by atoms with van der Waals surface area (Å²) in [4.78, 5) is 50.5. The molecule has 0 aromatic heterocycles. The van der Waals surface area contributed by atoms with Crippen molar-refractivity contribution in [2.75, 3.05) is 7.11 Å². The van der Waals surface area contributed by atoms with E-state index < -0.39 is 16.7 Å². The molecule has 0 aliphatic carbocycles. The van der Waals surface area contributed by atoms with Gasteiger partial charge in [0.05, 0.1) is 29.7 Å². The summed E-state index contributed by atoms with van der Waals surface area (Å²) in [5, 5.41) is 11.7. The minimum atomic E-state index is -0.644. The standard InChI is InChI=1S/C24H18N2O6/c1-32-18-9-7-16(8-10-18)22(27)12-17-11-19-20(13-21(17)26(30)31)24(29)25(23(19)28)14-15-5-3-2-4-6-15/h2-11,13H,12,14H2,1H3. The second-order valence-electron chi connectivity index (χ2n) is 7.29. The number of benzene rings is 3. The number of nitrogens with zero attached hydrogens (tertiary/aromatic N) is 2. The van der Waals surface area contributed by atoms with Gasteiger partial charge in [0, 0.05) is 23.6 Å². The van der Waals surface area contributed by atoms with E-state index in [9.17, 15) is 24.5 Å². The van der Waals surface area contributed by atoms with E-state index in [1.54, 1.807) is 48.5 Å². The van der Waals surface area contributed by atoms with E-state index in [2.05, 4.69) is 0 Å². The summed E-state index contributed by atoms with van der Waals surface area (Å²) in [6, 6.07) is 17.7. The van der Waals surface area contributed by atoms with E-state index in [1.165, 1.54) is 13.2 Å². The van der Waals surface area contributed by atoms with Gasteiger partial charge >= 0.3 is 0 Å². The van der Waals surface area contributed by atoms with Gasteiger partial charge in [-0.25, -0.2) is 0 Å². The van der Waals surface area contributed by atoms with Crippen LogP contribution in [0.5, 0.6) is 5.75 Å². The van der Waals surface area contributed by atoms with E-state index in [0.29, 0.717) is 11.3 Å². The highest BCUT2D eigenvalue weighted by Crippen LogP contribution is 2.32. The van der Waals surface area contributed by atoms with Gasteiger partial charge in [-0.3, -0.25) is 29.4 Å². The Kier molecular flexibility index (Phi) is 5.51. The van der Waals surface area contributed by atoms with Crippen molar-refractivity contribution in [2.24, 2.45) is 0 Å². The summed E-state index contributed by atoms with van der Waals surface area (Å²) >= 11 is 0. The van der Waals surface area contributed by atoms with Crippen molar-refractivity contribution in [3.63, 3.8) is 0 Å². The third kappa shape index (κ3) is 3.85. The predicted molar refractivity (Wildman–Crippen MR) is 115 cm³/mol. The molecule has 1 heterocycles. The summed E-state index contributed by atoms with van der Waals surface area (Å²) in [6.07, 6.45) is -0.282. The molecule has 1 aliphatic rings. The van der Waals surface area contributed by atoms with Gasteiger partial charge < -0.3 is 4.74 Å². The van der Waals surface area contributed by atoms with Gasteiger partial charge in [-0.2, -0.15) is 0 Å². The molecule has 0 bridgehead atoms. The molecule has 32 heavy (non-hydrogen) atoms. The lowest BCUT2D eigenvalue weighted by Crippen LogP contribution is -2.29. The normalized spacial score (nSPS) is 12.6. The van der Waals surface area contributed by atoms with E-state index in [0.717, 1.165) is 16.5 Å². The smallest absolute Gasteiger partial charge is 0.273 e. The summed E-state index contributed by atoms with van der Waals surface area (Å²) < 4.78 is 5.07. The Labute approximate surface area is 183 Å². The van der Waals surface area contributed by atoms with Crippen LogP contribution in [-0.4, -0.2) is 34.5 Å². The number of nitro groups is 1. The maximum Gasteiger partial charge on any atom is 0.273 e. The minimum Gasteiger partial charge on any atom is -0.497 e. The van der Waals surface area contributed by atoms with Crippen LogP contribution >= 0.6 is 0 Å². The molecule has 8 heteroatoms. The van der Waals surface area contributed by atoms with Gasteiger partial charge in [-0.1, -0.05) is 30.3 Å². The van der Waals surface area contributed by atoms with E-state index in [1.807, 2.05) is 6.07 Å². The Bertz CT molecular complexity index is 1240. The largest absolute Gasteiger partial charge is 0.497 e. The van der Waals surface area contributed by atoms with Crippen molar-refractivity contribution < 1.29 is 24.0 Å². The molecule has 0 N–H and O–H groups in total. The maximum absolute atomic E-state index is 12.9. The number of hydrogen-bond acceptors (Lipinski definition) is 6. The van der Waals surface area contributed by atoms with Crippen LogP contribution in [0, 0.1) is 10.1 Å². The molecular formula is C24H18N2O6. The van der Waals surface area contributed by atoms with E-state index in [4.69, 9.17) is 4.74 Å². The number of ether oxygens (including phenoxy) is 1. The SMILES string of the molecule is COc1ccc(C(=O)Cc2cc3c(cc2[N+](=O)[O-])C(=O)N(Cc2ccccc2)C3=O)cc1. The fraction of sp³-hybridized carbons (Fsp3) is 0.125. The zero-order valence-electron chi connectivity index (χ0n) is 17.1. The Morgan fingerprint density at radius 1 is 0.969 bits per heavy atom. The molecule has 160 valence electrons. The molecule has 0 saturated carbocycles. The lowest BCUT2D eigenvalue weighted by molar-refractivity contribution is -0.385. The summed E-state index contributed by atoms with van der Waals surface area (Å²) in [6.45, 7) is 0.0566. The van der Waals surface area contributed by atoms with Gasteiger partial charge in [-0.05, 0) is 35.9 Å². The average Bonchev–Trinajstić information content (AvgIpc) is 3.03. The predicted octanol–water partition coefficient (Wildman–Crippen LogP) is 3.83. The van der Waals surface area contributed by atoms with Crippen molar-refractivity contribution in [3.05, 3.63) is 105 Å². The molecule has 0 saturated heterocycles. The number of nitro benzene ring substituents is 1. The third-order valence-corrected chi connectivity index (χ3v) is 5.31. The lowest BCUT2D eigenvalue weighted by atomic mass is 9.97. The van der Waals surface area contributed by atoms with Gasteiger partial charge in [0.15, 0.2) is 5.78 Å². The number of imide groups is 1. The molecule has 3 aromatic rings. The second kappa shape index (κ2) is 8.43. The number of methoxy groups -OCH3 is 1. The molecule has 0 radical (unpaired) electrons. The number of ketones is 1. The number of Topliss-reactive ketones (excluding diaryl/α,β-unsaturated/α-hetero) is 1. The fourth-order valence-corrected chi connectivity index (χ4v) is 3.64. The molecule has 8 nitrogen and oxygen atoms in total. The Hall–Kier alpha value is -4.33. The first-order chi connectivity index (χ1) is 15.4. The van der Waals surface area contributed by atoms with Crippen LogP contribution in [0.1, 0.15) is 42.2 Å². The molecule has 0 spiro atoms. The Morgan fingerprint density at radius 3 is 2.19 bits per heavy atom. The first-order valence-electron chi connectivity index (χ1n) is 9.77. The molecular weight excluding hydrogens is 412 g/mol. The number of carbonyl (C=O) groups is 3. The highest BCUT2D eigenvalue weighted by molar-refractivity contribution is 6.21. The first kappa shape index (κ1) is 20.9. The third-order valence-electron chi connectivity index (χ3n) is 5.31. The van der Waals surface area contributed by atoms with Crippen molar-refractivity contribution >= 4 is 23.3 Å². The first-order valence-corrected chi connectivity index (χ1v) is 9.77. The van der Waals surface area contributed by atoms with Gasteiger partial charge in [0.25, 0.3) is 17.5 Å². The Morgan fingerprint density at radius 2 is 1.59 bits per heavy atom. The van der Waals surface area contributed by atoms with Crippen molar-refractivity contribution in [1.29, 1.82) is 0 Å². The maximum atomic E-state index is 12.9. The molecule has 0 fully saturated rings. The number of fused-ring (bicyclic) bond motifs is 1. The molecule has 3 aromatic carbocycles. The summed E-state index contributed by atoms with van der Waals surface area (Å²) in [5.74, 6) is -0.909. The van der Waals surface area contributed by atoms with Crippen LogP contribution in [0.15, 0.2) is 66.7 Å².